The molecular formula is C16H22BrN. The van der Waals surface area contributed by atoms with Gasteiger partial charge in [-0.3, -0.25) is 0 Å². The van der Waals surface area contributed by atoms with Crippen molar-refractivity contribution in [3.8, 4) is 0 Å². The third-order valence-electron chi connectivity index (χ3n) is 4.87. The van der Waals surface area contributed by atoms with Gasteiger partial charge in [0.1, 0.15) is 0 Å². The number of hydrogen-bond donors (Lipinski definition) is 1. The summed E-state index contributed by atoms with van der Waals surface area (Å²) in [6.07, 6.45) is 6.55. The Morgan fingerprint density at radius 2 is 2.11 bits per heavy atom. The van der Waals surface area contributed by atoms with Crippen LogP contribution in [0.15, 0.2) is 22.7 Å². The highest BCUT2D eigenvalue weighted by atomic mass is 79.9. The standard InChI is InChI=1S/C16H22BrN/c1-16(2)10-4-7-15(16)18-14-9-8-11-12(14)5-3-6-13(11)17/h3,5-6,14-15,18H,4,7-10H2,1-2H3. The van der Waals surface area contributed by atoms with Gasteiger partial charge in [-0.2, -0.15) is 0 Å². The van der Waals surface area contributed by atoms with Gasteiger partial charge in [0, 0.05) is 16.6 Å². The molecule has 3 rings (SSSR count). The van der Waals surface area contributed by atoms with Gasteiger partial charge in [0.2, 0.25) is 0 Å². The van der Waals surface area contributed by atoms with Gasteiger partial charge in [0.25, 0.3) is 0 Å². The van der Waals surface area contributed by atoms with Crippen molar-refractivity contribution < 1.29 is 0 Å². The summed E-state index contributed by atoms with van der Waals surface area (Å²) in [6, 6.07) is 7.89. The van der Waals surface area contributed by atoms with E-state index in [1.165, 1.54) is 47.7 Å². The van der Waals surface area contributed by atoms with Crippen molar-refractivity contribution in [3.05, 3.63) is 33.8 Å². The van der Waals surface area contributed by atoms with Crippen LogP contribution in [0.2, 0.25) is 0 Å². The van der Waals surface area contributed by atoms with Crippen LogP contribution in [0.1, 0.15) is 56.7 Å². The van der Waals surface area contributed by atoms with Crippen LogP contribution >= 0.6 is 15.9 Å². The third kappa shape index (κ3) is 2.14. The van der Waals surface area contributed by atoms with Crippen molar-refractivity contribution in [3.63, 3.8) is 0 Å². The molecule has 1 aromatic carbocycles. The quantitative estimate of drug-likeness (QED) is 0.841. The van der Waals surface area contributed by atoms with E-state index in [-0.39, 0.29) is 0 Å². The maximum absolute atomic E-state index is 3.93. The van der Waals surface area contributed by atoms with Crippen LogP contribution in [0.3, 0.4) is 0 Å². The monoisotopic (exact) mass is 307 g/mol. The predicted octanol–water partition coefficient (Wildman–Crippen LogP) is 4.60. The molecule has 0 amide bonds. The van der Waals surface area contributed by atoms with Crippen molar-refractivity contribution in [2.24, 2.45) is 5.41 Å². The van der Waals surface area contributed by atoms with Crippen molar-refractivity contribution in [2.75, 3.05) is 0 Å². The van der Waals surface area contributed by atoms with E-state index >= 15 is 0 Å². The Morgan fingerprint density at radius 1 is 1.28 bits per heavy atom. The van der Waals surface area contributed by atoms with E-state index in [1.807, 2.05) is 0 Å². The minimum absolute atomic E-state index is 0.467. The molecule has 0 heterocycles. The average molecular weight is 308 g/mol. The van der Waals surface area contributed by atoms with E-state index < -0.39 is 0 Å². The fourth-order valence-electron chi connectivity index (χ4n) is 3.66. The lowest BCUT2D eigenvalue weighted by Gasteiger charge is -2.31. The molecule has 2 unspecified atom stereocenters. The third-order valence-corrected chi connectivity index (χ3v) is 5.62. The van der Waals surface area contributed by atoms with Crippen LogP contribution in [0.5, 0.6) is 0 Å². The number of nitrogens with one attached hydrogen (secondary N) is 1. The van der Waals surface area contributed by atoms with Crippen LogP contribution < -0.4 is 5.32 Å². The summed E-state index contributed by atoms with van der Waals surface area (Å²) in [5, 5.41) is 3.93. The zero-order valence-corrected chi connectivity index (χ0v) is 12.9. The Labute approximate surface area is 118 Å². The first-order valence-electron chi connectivity index (χ1n) is 7.11. The summed E-state index contributed by atoms with van der Waals surface area (Å²) in [5.41, 5.74) is 3.51. The van der Waals surface area contributed by atoms with E-state index in [9.17, 15) is 0 Å². The normalized spacial score (nSPS) is 29.5. The van der Waals surface area contributed by atoms with Crippen LogP contribution in [0.4, 0.5) is 0 Å². The number of halogens is 1. The minimum atomic E-state index is 0.467. The maximum Gasteiger partial charge on any atom is 0.0329 e. The molecule has 0 saturated heterocycles. The zero-order valence-electron chi connectivity index (χ0n) is 11.3. The molecule has 1 saturated carbocycles. The molecule has 0 aromatic heterocycles. The van der Waals surface area contributed by atoms with E-state index in [0.29, 0.717) is 17.5 Å². The lowest BCUT2D eigenvalue weighted by atomic mass is 9.86. The molecule has 98 valence electrons. The Morgan fingerprint density at radius 3 is 2.83 bits per heavy atom. The number of hydrogen-bond acceptors (Lipinski definition) is 1. The fourth-order valence-corrected chi connectivity index (χ4v) is 4.24. The minimum Gasteiger partial charge on any atom is -0.307 e. The van der Waals surface area contributed by atoms with Crippen LogP contribution in [0, 0.1) is 5.41 Å². The second-order valence-electron chi connectivity index (χ2n) is 6.50. The van der Waals surface area contributed by atoms with Gasteiger partial charge in [-0.25, -0.2) is 0 Å². The van der Waals surface area contributed by atoms with Crippen molar-refractivity contribution >= 4 is 15.9 Å². The summed E-state index contributed by atoms with van der Waals surface area (Å²) in [5.74, 6) is 0. The molecule has 1 aromatic rings. The smallest absolute Gasteiger partial charge is 0.0329 e. The van der Waals surface area contributed by atoms with Crippen molar-refractivity contribution in [1.82, 2.24) is 5.32 Å². The molecule has 1 nitrogen and oxygen atoms in total. The fraction of sp³-hybridized carbons (Fsp3) is 0.625. The summed E-state index contributed by atoms with van der Waals surface area (Å²) >= 11 is 3.68. The molecule has 1 fully saturated rings. The molecule has 1 N–H and O–H groups in total. The Bertz CT molecular complexity index is 452. The van der Waals surface area contributed by atoms with Gasteiger partial charge < -0.3 is 5.32 Å². The highest BCUT2D eigenvalue weighted by molar-refractivity contribution is 9.10. The van der Waals surface area contributed by atoms with Crippen molar-refractivity contribution in [1.29, 1.82) is 0 Å². The first-order chi connectivity index (χ1) is 8.58. The predicted molar refractivity (Wildman–Crippen MR) is 79.8 cm³/mol. The van der Waals surface area contributed by atoms with Crippen LogP contribution in [-0.4, -0.2) is 6.04 Å². The number of benzene rings is 1. The maximum atomic E-state index is 3.93. The molecule has 2 aliphatic carbocycles. The van der Waals surface area contributed by atoms with Gasteiger partial charge in [0.15, 0.2) is 0 Å². The average Bonchev–Trinajstić information content (AvgIpc) is 2.86. The SMILES string of the molecule is CC1(C)CCCC1NC1CCc2c(Br)cccc21. The lowest BCUT2D eigenvalue weighted by Crippen LogP contribution is -2.39. The van der Waals surface area contributed by atoms with E-state index in [0.717, 1.165) is 0 Å². The van der Waals surface area contributed by atoms with Gasteiger partial charge in [-0.05, 0) is 48.3 Å². The number of rotatable bonds is 2. The van der Waals surface area contributed by atoms with Crippen LogP contribution in [0.25, 0.3) is 0 Å². The molecule has 2 atom stereocenters. The zero-order chi connectivity index (χ0) is 12.8. The first-order valence-corrected chi connectivity index (χ1v) is 7.90. The Balaban J connectivity index is 1.79. The Kier molecular flexibility index (Phi) is 3.27. The van der Waals surface area contributed by atoms with E-state index in [1.54, 1.807) is 0 Å². The highest BCUT2D eigenvalue weighted by Gasteiger charge is 2.37. The summed E-state index contributed by atoms with van der Waals surface area (Å²) in [7, 11) is 0. The van der Waals surface area contributed by atoms with E-state index in [4.69, 9.17) is 0 Å². The largest absolute Gasteiger partial charge is 0.307 e. The molecule has 0 spiro atoms. The molecule has 0 bridgehead atoms. The second kappa shape index (κ2) is 4.64. The summed E-state index contributed by atoms with van der Waals surface area (Å²) < 4.78 is 1.29. The lowest BCUT2D eigenvalue weighted by molar-refractivity contribution is 0.261. The van der Waals surface area contributed by atoms with E-state index in [2.05, 4.69) is 53.3 Å². The molecule has 18 heavy (non-hydrogen) atoms. The van der Waals surface area contributed by atoms with Crippen molar-refractivity contribution in [2.45, 2.75) is 58.0 Å². The molecular weight excluding hydrogens is 286 g/mol. The molecule has 0 radical (unpaired) electrons. The topological polar surface area (TPSA) is 12.0 Å². The highest BCUT2D eigenvalue weighted by Crippen LogP contribution is 2.41. The molecule has 2 heteroatoms. The number of fused-ring (bicyclic) bond motifs is 1. The molecule has 0 aliphatic heterocycles. The van der Waals surface area contributed by atoms with Gasteiger partial charge >= 0.3 is 0 Å². The molecule has 2 aliphatic rings. The van der Waals surface area contributed by atoms with Crippen LogP contribution in [-0.2, 0) is 6.42 Å². The van der Waals surface area contributed by atoms with Gasteiger partial charge in [-0.15, -0.1) is 0 Å². The summed E-state index contributed by atoms with van der Waals surface area (Å²) in [6.45, 7) is 4.82. The second-order valence-corrected chi connectivity index (χ2v) is 7.35. The summed E-state index contributed by atoms with van der Waals surface area (Å²) in [4.78, 5) is 0. The van der Waals surface area contributed by atoms with Gasteiger partial charge in [0.05, 0.1) is 0 Å². The first kappa shape index (κ1) is 12.7. The Hall–Kier alpha value is -0.340. The van der Waals surface area contributed by atoms with Gasteiger partial charge in [-0.1, -0.05) is 48.3 Å².